The van der Waals surface area contributed by atoms with Crippen LogP contribution in [-0.2, 0) is 4.79 Å². The predicted molar refractivity (Wildman–Crippen MR) is 97.8 cm³/mol. The van der Waals surface area contributed by atoms with Gasteiger partial charge in [0.2, 0.25) is 0 Å². The van der Waals surface area contributed by atoms with Crippen LogP contribution in [0.2, 0.25) is 0 Å². The maximum absolute atomic E-state index is 11.9. The molecule has 7 nitrogen and oxygen atoms in total. The number of amides is 2. The molecule has 1 aromatic rings. The zero-order valence-electron chi connectivity index (χ0n) is 14.7. The fourth-order valence-electron chi connectivity index (χ4n) is 2.99. The lowest BCUT2D eigenvalue weighted by atomic mass is 9.85. The van der Waals surface area contributed by atoms with Crippen molar-refractivity contribution in [1.29, 1.82) is 0 Å². The fourth-order valence-corrected chi connectivity index (χ4v) is 2.99. The second kappa shape index (κ2) is 9.88. The summed E-state index contributed by atoms with van der Waals surface area (Å²) in [4.78, 5) is 24.6. The van der Waals surface area contributed by atoms with Crippen LogP contribution >= 0.6 is 0 Å². The lowest BCUT2D eigenvalue weighted by Crippen LogP contribution is -2.56. The number of hydrogen-bond donors (Lipinski definition) is 4. The van der Waals surface area contributed by atoms with E-state index in [4.69, 9.17) is 5.11 Å². The monoisotopic (exact) mass is 348 g/mol. The summed E-state index contributed by atoms with van der Waals surface area (Å²) in [6, 6.07) is 10.2. The molecule has 0 saturated heterocycles. The molecule has 1 saturated carbocycles. The van der Waals surface area contributed by atoms with Crippen molar-refractivity contribution in [2.45, 2.75) is 38.3 Å². The average molecular weight is 348 g/mol. The number of carbonyl (C=O) groups is 2. The molecule has 7 heteroatoms. The number of nitrogens with one attached hydrogen (secondary N) is 3. The molecule has 25 heavy (non-hydrogen) atoms. The van der Waals surface area contributed by atoms with Crippen molar-refractivity contribution in [2.24, 2.45) is 0 Å². The van der Waals surface area contributed by atoms with Gasteiger partial charge in [-0.2, -0.15) is 0 Å². The van der Waals surface area contributed by atoms with Crippen LogP contribution in [-0.4, -0.2) is 60.3 Å². The van der Waals surface area contributed by atoms with E-state index in [0.29, 0.717) is 13.1 Å². The quantitative estimate of drug-likeness (QED) is 0.483. The van der Waals surface area contributed by atoms with E-state index in [-0.39, 0.29) is 24.7 Å². The van der Waals surface area contributed by atoms with Crippen LogP contribution in [0.1, 0.15) is 26.2 Å². The van der Waals surface area contributed by atoms with Crippen LogP contribution in [0, 0.1) is 0 Å². The van der Waals surface area contributed by atoms with E-state index in [1.54, 1.807) is 0 Å². The van der Waals surface area contributed by atoms with Crippen LogP contribution in [0.5, 0.6) is 0 Å². The minimum Gasteiger partial charge on any atom is -0.480 e. The highest BCUT2D eigenvalue weighted by Crippen LogP contribution is 2.25. The third-order valence-electron chi connectivity index (χ3n) is 4.45. The summed E-state index contributed by atoms with van der Waals surface area (Å²) < 4.78 is 0. The van der Waals surface area contributed by atoms with Crippen molar-refractivity contribution in [3.05, 3.63) is 30.3 Å². The van der Waals surface area contributed by atoms with Crippen molar-refractivity contribution in [2.75, 3.05) is 31.5 Å². The molecular formula is C18H28N4O3. The lowest BCUT2D eigenvalue weighted by molar-refractivity contribution is -0.139. The molecule has 0 atom stereocenters. The topological polar surface area (TPSA) is 93.7 Å². The number of nitrogens with zero attached hydrogens (tertiary/aromatic N) is 1. The number of likely N-dealkylation sites (N-methyl/N-ethyl adjacent to an activating group) is 1. The zero-order chi connectivity index (χ0) is 18.1. The largest absolute Gasteiger partial charge is 0.480 e. The van der Waals surface area contributed by atoms with Crippen molar-refractivity contribution >= 4 is 17.7 Å². The van der Waals surface area contributed by atoms with E-state index in [1.807, 2.05) is 42.2 Å². The Morgan fingerprint density at radius 3 is 2.56 bits per heavy atom. The molecule has 2 amide bonds. The molecule has 138 valence electrons. The number of aliphatic carboxylic acids is 1. The number of para-hydroxylation sites is 1. The first kappa shape index (κ1) is 19.1. The van der Waals surface area contributed by atoms with Gasteiger partial charge in [0.15, 0.2) is 0 Å². The fraction of sp³-hybridized carbons (Fsp3) is 0.556. The first-order valence-corrected chi connectivity index (χ1v) is 8.87. The third kappa shape index (κ3) is 6.62. The number of carboxylic acids is 1. The van der Waals surface area contributed by atoms with Crippen LogP contribution in [0.25, 0.3) is 0 Å². The zero-order valence-corrected chi connectivity index (χ0v) is 14.7. The lowest BCUT2D eigenvalue weighted by Gasteiger charge is -2.42. The standard InChI is InChI=1S/C18H28N4O3/c1-2-22(13-17(23)24)16-11-15(12-16)21-18(25)20-10-6-9-19-14-7-4-3-5-8-14/h3-5,7-8,15-16,19H,2,6,9-13H2,1H3,(H,23,24)(H2,20,21,25). The molecular weight excluding hydrogens is 320 g/mol. The predicted octanol–water partition coefficient (Wildman–Crippen LogP) is 1.73. The van der Waals surface area contributed by atoms with Gasteiger partial charge in [0.05, 0.1) is 6.54 Å². The number of carbonyl (C=O) groups excluding carboxylic acids is 1. The normalized spacial score (nSPS) is 19.1. The van der Waals surface area contributed by atoms with Crippen LogP contribution in [0.4, 0.5) is 10.5 Å². The Morgan fingerprint density at radius 2 is 1.92 bits per heavy atom. The minimum absolute atomic E-state index is 0.0640. The summed E-state index contributed by atoms with van der Waals surface area (Å²) in [5, 5.41) is 18.0. The first-order chi connectivity index (χ1) is 12.1. The number of rotatable bonds is 10. The minimum atomic E-state index is -0.805. The van der Waals surface area contributed by atoms with Gasteiger partial charge in [0.25, 0.3) is 0 Å². The molecule has 0 bridgehead atoms. The van der Waals surface area contributed by atoms with Crippen molar-refractivity contribution in [3.63, 3.8) is 0 Å². The highest BCUT2D eigenvalue weighted by Gasteiger charge is 2.34. The first-order valence-electron chi connectivity index (χ1n) is 8.87. The summed E-state index contributed by atoms with van der Waals surface area (Å²) in [7, 11) is 0. The Balaban J connectivity index is 1.52. The Kier molecular flexibility index (Phi) is 7.53. The summed E-state index contributed by atoms with van der Waals surface area (Å²) >= 11 is 0. The Morgan fingerprint density at radius 1 is 1.20 bits per heavy atom. The number of carboxylic acid groups (broad SMARTS) is 1. The van der Waals surface area contributed by atoms with E-state index >= 15 is 0 Å². The Labute approximate surface area is 148 Å². The Bertz CT molecular complexity index is 547. The smallest absolute Gasteiger partial charge is 0.317 e. The molecule has 0 spiro atoms. The van der Waals surface area contributed by atoms with Gasteiger partial charge < -0.3 is 21.1 Å². The highest BCUT2D eigenvalue weighted by molar-refractivity contribution is 5.74. The number of hydrogen-bond acceptors (Lipinski definition) is 4. The summed E-state index contributed by atoms with van der Waals surface area (Å²) in [6.07, 6.45) is 2.46. The molecule has 2 rings (SSSR count). The summed E-state index contributed by atoms with van der Waals surface area (Å²) in [6.45, 7) is 4.15. The molecule has 1 aliphatic rings. The molecule has 1 aromatic carbocycles. The van der Waals surface area contributed by atoms with E-state index in [9.17, 15) is 9.59 Å². The molecule has 1 aliphatic carbocycles. The summed E-state index contributed by atoms with van der Waals surface area (Å²) in [5.41, 5.74) is 1.08. The second-order valence-corrected chi connectivity index (χ2v) is 6.33. The maximum Gasteiger partial charge on any atom is 0.317 e. The molecule has 1 fully saturated rings. The molecule has 0 aromatic heterocycles. The molecule has 0 heterocycles. The molecule has 4 N–H and O–H groups in total. The second-order valence-electron chi connectivity index (χ2n) is 6.33. The van der Waals surface area contributed by atoms with Gasteiger partial charge >= 0.3 is 12.0 Å². The van der Waals surface area contributed by atoms with Crippen molar-refractivity contribution in [1.82, 2.24) is 15.5 Å². The van der Waals surface area contributed by atoms with Crippen LogP contribution < -0.4 is 16.0 Å². The van der Waals surface area contributed by atoms with Gasteiger partial charge in [-0.25, -0.2) is 4.79 Å². The number of anilines is 1. The van der Waals surface area contributed by atoms with E-state index in [1.165, 1.54) is 0 Å². The Hall–Kier alpha value is -2.28. The van der Waals surface area contributed by atoms with Crippen molar-refractivity contribution < 1.29 is 14.7 Å². The van der Waals surface area contributed by atoms with Gasteiger partial charge in [-0.1, -0.05) is 25.1 Å². The van der Waals surface area contributed by atoms with Gasteiger partial charge in [0, 0.05) is 30.9 Å². The van der Waals surface area contributed by atoms with Crippen LogP contribution in [0.15, 0.2) is 30.3 Å². The van der Waals surface area contributed by atoms with E-state index in [0.717, 1.165) is 31.5 Å². The van der Waals surface area contributed by atoms with Crippen LogP contribution in [0.3, 0.4) is 0 Å². The summed E-state index contributed by atoms with van der Waals surface area (Å²) in [5.74, 6) is -0.805. The number of urea groups is 1. The van der Waals surface area contributed by atoms with Gasteiger partial charge in [-0.05, 0) is 37.9 Å². The van der Waals surface area contributed by atoms with Gasteiger partial charge in [-0.3, -0.25) is 9.69 Å². The third-order valence-corrected chi connectivity index (χ3v) is 4.45. The van der Waals surface area contributed by atoms with E-state index in [2.05, 4.69) is 16.0 Å². The number of benzene rings is 1. The van der Waals surface area contributed by atoms with Gasteiger partial charge in [0.1, 0.15) is 0 Å². The maximum atomic E-state index is 11.9. The highest BCUT2D eigenvalue weighted by atomic mass is 16.4. The molecule has 0 radical (unpaired) electrons. The van der Waals surface area contributed by atoms with Crippen molar-refractivity contribution in [3.8, 4) is 0 Å². The SMILES string of the molecule is CCN(CC(=O)O)C1CC(NC(=O)NCCCNc2ccccc2)C1. The van der Waals surface area contributed by atoms with E-state index < -0.39 is 5.97 Å². The van der Waals surface area contributed by atoms with Gasteiger partial charge in [-0.15, -0.1) is 0 Å². The average Bonchev–Trinajstić information content (AvgIpc) is 2.56. The molecule has 0 unspecified atom stereocenters. The molecule has 0 aliphatic heterocycles.